The van der Waals surface area contributed by atoms with Crippen LogP contribution in [0.25, 0.3) is 5.65 Å². The van der Waals surface area contributed by atoms with Crippen molar-refractivity contribution in [3.8, 4) is 0 Å². The number of aliphatic hydroxyl groups excluding tert-OH is 1. The van der Waals surface area contributed by atoms with E-state index in [1.54, 1.807) is 0 Å². The zero-order valence-corrected chi connectivity index (χ0v) is 17.0. The minimum atomic E-state index is 0.226. The fourth-order valence-corrected chi connectivity index (χ4v) is 4.72. The summed E-state index contributed by atoms with van der Waals surface area (Å²) in [6.07, 6.45) is 11.5. The molecule has 3 heterocycles. The highest BCUT2D eigenvalue weighted by molar-refractivity contribution is 5.61. The van der Waals surface area contributed by atoms with Crippen molar-refractivity contribution in [1.29, 1.82) is 0 Å². The van der Waals surface area contributed by atoms with E-state index < -0.39 is 0 Å². The Hall–Kier alpha value is -1.86. The van der Waals surface area contributed by atoms with E-state index in [2.05, 4.69) is 28.3 Å². The fraction of sp³-hybridized carbons (Fsp3) is 0.714. The summed E-state index contributed by atoms with van der Waals surface area (Å²) in [5.41, 5.74) is 8.21. The number of nitrogens with one attached hydrogen (secondary N) is 1. The lowest BCUT2D eigenvalue weighted by Gasteiger charge is -2.37. The molecule has 0 bridgehead atoms. The molecule has 0 aromatic carbocycles. The summed E-state index contributed by atoms with van der Waals surface area (Å²) < 4.78 is 1.96. The maximum absolute atomic E-state index is 9.51. The molecule has 0 unspecified atom stereocenters. The van der Waals surface area contributed by atoms with E-state index in [0.717, 1.165) is 68.8 Å². The maximum atomic E-state index is 9.51. The van der Waals surface area contributed by atoms with Crippen LogP contribution in [0.3, 0.4) is 0 Å². The van der Waals surface area contributed by atoms with Crippen molar-refractivity contribution in [2.45, 2.75) is 82.8 Å². The third-order valence-electron chi connectivity index (χ3n) is 6.42. The topological polar surface area (TPSA) is 91.7 Å². The molecule has 1 atom stereocenters. The minimum Gasteiger partial charge on any atom is -0.396 e. The van der Waals surface area contributed by atoms with Crippen molar-refractivity contribution >= 4 is 17.3 Å². The van der Waals surface area contributed by atoms with Crippen LogP contribution in [0.15, 0.2) is 12.3 Å². The largest absolute Gasteiger partial charge is 0.396 e. The number of anilines is 2. The van der Waals surface area contributed by atoms with Crippen LogP contribution >= 0.6 is 0 Å². The number of aromatic nitrogens is 3. The van der Waals surface area contributed by atoms with E-state index in [1.165, 1.54) is 18.4 Å². The maximum Gasteiger partial charge on any atom is 0.162 e. The van der Waals surface area contributed by atoms with Gasteiger partial charge in [0.1, 0.15) is 11.6 Å². The molecule has 2 aliphatic rings. The van der Waals surface area contributed by atoms with Crippen LogP contribution in [0.4, 0.5) is 11.6 Å². The Morgan fingerprint density at radius 1 is 1.21 bits per heavy atom. The van der Waals surface area contributed by atoms with E-state index in [4.69, 9.17) is 10.7 Å². The molecular formula is C21H34N6O. The standard InChI is InChI=1S/C21H34N6O/c1-2-15-14-23-27-20(24-17-8-6-16(22)7-9-17)13-19(25-21(15)27)26-11-4-3-5-18(26)10-12-28/h13-14,16-18,24,28H,2-12,22H2,1H3/t16-,17+,18-/m0/s1. The predicted molar refractivity (Wildman–Crippen MR) is 113 cm³/mol. The van der Waals surface area contributed by atoms with Gasteiger partial charge in [-0.15, -0.1) is 0 Å². The second kappa shape index (κ2) is 8.66. The first-order chi connectivity index (χ1) is 13.7. The normalized spacial score (nSPS) is 26.0. The monoisotopic (exact) mass is 386 g/mol. The molecule has 1 saturated heterocycles. The van der Waals surface area contributed by atoms with Crippen LogP contribution in [0.5, 0.6) is 0 Å². The summed E-state index contributed by atoms with van der Waals surface area (Å²) in [5, 5.41) is 17.9. The molecule has 7 heteroatoms. The lowest BCUT2D eigenvalue weighted by Crippen LogP contribution is -2.41. The molecule has 0 amide bonds. The Kier molecular flexibility index (Phi) is 6.01. The first kappa shape index (κ1) is 19.5. The van der Waals surface area contributed by atoms with E-state index in [9.17, 15) is 5.11 Å². The number of fused-ring (bicyclic) bond motifs is 1. The summed E-state index contributed by atoms with van der Waals surface area (Å²) in [5.74, 6) is 2.03. The van der Waals surface area contributed by atoms with Crippen LogP contribution < -0.4 is 16.0 Å². The van der Waals surface area contributed by atoms with Gasteiger partial charge >= 0.3 is 0 Å². The average Bonchev–Trinajstić information content (AvgIpc) is 3.14. The summed E-state index contributed by atoms with van der Waals surface area (Å²) in [6.45, 7) is 3.38. The van der Waals surface area contributed by atoms with Crippen molar-refractivity contribution in [3.05, 3.63) is 17.8 Å². The molecule has 1 aliphatic heterocycles. The minimum absolute atomic E-state index is 0.226. The van der Waals surface area contributed by atoms with Gasteiger partial charge in [-0.3, -0.25) is 0 Å². The number of hydrogen-bond acceptors (Lipinski definition) is 6. The van der Waals surface area contributed by atoms with Crippen LogP contribution in [0, 0.1) is 0 Å². The van der Waals surface area contributed by atoms with Gasteiger partial charge in [-0.25, -0.2) is 4.98 Å². The van der Waals surface area contributed by atoms with Gasteiger partial charge < -0.3 is 21.1 Å². The molecule has 2 aromatic heterocycles. The molecule has 154 valence electrons. The molecule has 4 N–H and O–H groups in total. The van der Waals surface area contributed by atoms with Gasteiger partial charge in [-0.05, 0) is 57.8 Å². The number of aliphatic hydroxyl groups is 1. The Labute approximate surface area is 167 Å². The lowest BCUT2D eigenvalue weighted by atomic mass is 9.92. The van der Waals surface area contributed by atoms with Gasteiger partial charge in [-0.2, -0.15) is 9.61 Å². The molecule has 2 aromatic rings. The Morgan fingerprint density at radius 2 is 2.04 bits per heavy atom. The first-order valence-corrected chi connectivity index (χ1v) is 11.0. The summed E-state index contributed by atoms with van der Waals surface area (Å²) in [4.78, 5) is 7.41. The van der Waals surface area contributed by atoms with E-state index in [0.29, 0.717) is 18.1 Å². The van der Waals surface area contributed by atoms with Crippen LogP contribution in [0.2, 0.25) is 0 Å². The van der Waals surface area contributed by atoms with E-state index in [1.807, 2.05) is 10.7 Å². The molecule has 2 fully saturated rings. The molecule has 28 heavy (non-hydrogen) atoms. The zero-order chi connectivity index (χ0) is 19.5. The predicted octanol–water partition coefficient (Wildman–Crippen LogP) is 2.71. The molecular weight excluding hydrogens is 352 g/mol. The average molecular weight is 387 g/mol. The Bertz CT molecular complexity index is 781. The van der Waals surface area contributed by atoms with E-state index >= 15 is 0 Å². The number of piperidine rings is 1. The SMILES string of the molecule is CCc1cnn2c(N[C@H]3CC[C@@H](N)CC3)cc(N3CCCC[C@H]3CCO)nc12. The van der Waals surface area contributed by atoms with Crippen molar-refractivity contribution in [1.82, 2.24) is 14.6 Å². The third-order valence-corrected chi connectivity index (χ3v) is 6.42. The highest BCUT2D eigenvalue weighted by Gasteiger charge is 2.26. The van der Waals surface area contributed by atoms with Gasteiger partial charge in [0, 0.05) is 42.9 Å². The molecule has 7 nitrogen and oxygen atoms in total. The Balaban J connectivity index is 1.68. The highest BCUT2D eigenvalue weighted by atomic mass is 16.3. The third kappa shape index (κ3) is 3.96. The molecule has 1 aliphatic carbocycles. The second-order valence-corrected chi connectivity index (χ2v) is 8.37. The van der Waals surface area contributed by atoms with Crippen LogP contribution in [-0.4, -0.2) is 51.0 Å². The Morgan fingerprint density at radius 3 is 2.79 bits per heavy atom. The van der Waals surface area contributed by atoms with Gasteiger partial charge in [0.05, 0.1) is 6.20 Å². The number of rotatable bonds is 6. The molecule has 4 rings (SSSR count). The van der Waals surface area contributed by atoms with Gasteiger partial charge in [0.15, 0.2) is 5.65 Å². The van der Waals surface area contributed by atoms with Crippen molar-refractivity contribution < 1.29 is 5.11 Å². The highest BCUT2D eigenvalue weighted by Crippen LogP contribution is 2.30. The molecule has 0 radical (unpaired) electrons. The number of nitrogens with two attached hydrogens (primary N) is 1. The lowest BCUT2D eigenvalue weighted by molar-refractivity contribution is 0.262. The fourth-order valence-electron chi connectivity index (χ4n) is 4.72. The smallest absolute Gasteiger partial charge is 0.162 e. The number of hydrogen-bond donors (Lipinski definition) is 3. The zero-order valence-electron chi connectivity index (χ0n) is 17.0. The summed E-state index contributed by atoms with van der Waals surface area (Å²) in [6, 6.07) is 3.29. The molecule has 0 spiro atoms. The summed E-state index contributed by atoms with van der Waals surface area (Å²) >= 11 is 0. The van der Waals surface area contributed by atoms with Gasteiger partial charge in [0.25, 0.3) is 0 Å². The van der Waals surface area contributed by atoms with Crippen molar-refractivity contribution in [3.63, 3.8) is 0 Å². The van der Waals surface area contributed by atoms with Crippen molar-refractivity contribution in [2.24, 2.45) is 5.73 Å². The molecule has 1 saturated carbocycles. The van der Waals surface area contributed by atoms with Crippen LogP contribution in [-0.2, 0) is 6.42 Å². The van der Waals surface area contributed by atoms with Crippen LogP contribution in [0.1, 0.15) is 63.9 Å². The second-order valence-electron chi connectivity index (χ2n) is 8.37. The summed E-state index contributed by atoms with van der Waals surface area (Å²) in [7, 11) is 0. The number of nitrogens with zero attached hydrogens (tertiary/aromatic N) is 4. The van der Waals surface area contributed by atoms with Gasteiger partial charge in [-0.1, -0.05) is 6.92 Å². The van der Waals surface area contributed by atoms with Crippen molar-refractivity contribution in [2.75, 3.05) is 23.4 Å². The number of aryl methyl sites for hydroxylation is 1. The van der Waals surface area contributed by atoms with E-state index in [-0.39, 0.29) is 6.61 Å². The quantitative estimate of drug-likeness (QED) is 0.707. The first-order valence-electron chi connectivity index (χ1n) is 11.0. The van der Waals surface area contributed by atoms with Gasteiger partial charge in [0.2, 0.25) is 0 Å².